The zero-order chi connectivity index (χ0) is 17.3. The van der Waals surface area contributed by atoms with Crippen LogP contribution in [0.5, 0.6) is 0 Å². The van der Waals surface area contributed by atoms with Gasteiger partial charge in [-0.25, -0.2) is 4.98 Å². The molecule has 7 heteroatoms. The van der Waals surface area contributed by atoms with Gasteiger partial charge < -0.3 is 9.47 Å². The van der Waals surface area contributed by atoms with Gasteiger partial charge in [0.25, 0.3) is 5.91 Å². The summed E-state index contributed by atoms with van der Waals surface area (Å²) in [6.45, 7) is 8.69. The molecule has 2 aromatic heterocycles. The number of carbonyl (C=O) groups is 1. The molecule has 128 valence electrons. The number of rotatable bonds is 4. The fourth-order valence-electron chi connectivity index (χ4n) is 2.98. The smallest absolute Gasteiger partial charge is 0.256 e. The van der Waals surface area contributed by atoms with Crippen molar-refractivity contribution >= 4 is 5.91 Å². The van der Waals surface area contributed by atoms with Crippen LogP contribution in [-0.2, 0) is 13.1 Å². The Morgan fingerprint density at radius 2 is 2.12 bits per heavy atom. The molecule has 3 heterocycles. The first-order valence-electron chi connectivity index (χ1n) is 8.31. The number of aromatic nitrogens is 4. The number of hydrogen-bond acceptors (Lipinski definition) is 5. The first-order valence-corrected chi connectivity index (χ1v) is 8.31. The van der Waals surface area contributed by atoms with Gasteiger partial charge in [-0.15, -0.1) is 0 Å². The molecule has 7 nitrogen and oxygen atoms in total. The van der Waals surface area contributed by atoms with Gasteiger partial charge in [-0.1, -0.05) is 0 Å². The predicted octanol–water partition coefficient (Wildman–Crippen LogP) is 1.73. The normalized spacial score (nSPS) is 17.4. The molecule has 1 aliphatic heterocycles. The van der Waals surface area contributed by atoms with E-state index in [1.807, 2.05) is 18.0 Å². The molecule has 0 aromatic carbocycles. The monoisotopic (exact) mass is 328 g/mol. The summed E-state index contributed by atoms with van der Waals surface area (Å²) in [5.74, 6) is 0.927. The van der Waals surface area contributed by atoms with Crippen LogP contribution in [0.15, 0.2) is 24.7 Å². The molecular formula is C17H24N6O. The van der Waals surface area contributed by atoms with E-state index in [1.165, 1.54) is 11.9 Å². The highest BCUT2D eigenvalue weighted by molar-refractivity contribution is 5.94. The van der Waals surface area contributed by atoms with Crippen LogP contribution in [0, 0.1) is 0 Å². The Kier molecular flexibility index (Phi) is 4.62. The Labute approximate surface area is 142 Å². The van der Waals surface area contributed by atoms with Gasteiger partial charge in [0, 0.05) is 31.9 Å². The molecular weight excluding hydrogens is 304 g/mol. The fraction of sp³-hybridized carbons (Fsp3) is 0.529. The third kappa shape index (κ3) is 3.03. The summed E-state index contributed by atoms with van der Waals surface area (Å²) in [5, 5.41) is 7.53. The summed E-state index contributed by atoms with van der Waals surface area (Å²) < 4.78 is 2.25. The Morgan fingerprint density at radius 3 is 2.79 bits per heavy atom. The summed E-state index contributed by atoms with van der Waals surface area (Å²) in [6, 6.07) is 2.12. The molecule has 24 heavy (non-hydrogen) atoms. The number of amides is 1. The summed E-state index contributed by atoms with van der Waals surface area (Å²) in [5.41, 5.74) is 1.77. The van der Waals surface area contributed by atoms with Crippen LogP contribution in [-0.4, -0.2) is 55.1 Å². The van der Waals surface area contributed by atoms with Gasteiger partial charge in [0.2, 0.25) is 0 Å². The molecule has 0 radical (unpaired) electrons. The van der Waals surface area contributed by atoms with Crippen molar-refractivity contribution in [2.75, 3.05) is 13.6 Å². The van der Waals surface area contributed by atoms with Gasteiger partial charge in [0.15, 0.2) is 0 Å². The van der Waals surface area contributed by atoms with Crippen molar-refractivity contribution in [2.45, 2.75) is 45.9 Å². The Balaban J connectivity index is 1.80. The maximum atomic E-state index is 12.7. The molecule has 1 aliphatic rings. The highest BCUT2D eigenvalue weighted by Gasteiger charge is 2.31. The second-order valence-corrected chi connectivity index (χ2v) is 6.57. The summed E-state index contributed by atoms with van der Waals surface area (Å²) in [4.78, 5) is 21.4. The van der Waals surface area contributed by atoms with Crippen molar-refractivity contribution in [3.05, 3.63) is 41.7 Å². The van der Waals surface area contributed by atoms with Crippen molar-refractivity contribution in [1.29, 1.82) is 0 Å². The zero-order valence-corrected chi connectivity index (χ0v) is 14.7. The van der Waals surface area contributed by atoms with Crippen LogP contribution in [0.4, 0.5) is 0 Å². The highest BCUT2D eigenvalue weighted by atomic mass is 16.2. The highest BCUT2D eigenvalue weighted by Crippen LogP contribution is 2.27. The van der Waals surface area contributed by atoms with Gasteiger partial charge in [-0.3, -0.25) is 9.69 Å². The van der Waals surface area contributed by atoms with Crippen molar-refractivity contribution in [1.82, 2.24) is 29.5 Å². The summed E-state index contributed by atoms with van der Waals surface area (Å²) >= 11 is 0. The number of imidazole rings is 1. The maximum absolute atomic E-state index is 12.7. The number of hydrogen-bond donors (Lipinski definition) is 0. The number of nitrogens with zero attached hydrogens (tertiary/aromatic N) is 6. The molecule has 0 spiro atoms. The minimum absolute atomic E-state index is 0.0208. The minimum atomic E-state index is -0.0579. The van der Waals surface area contributed by atoms with Gasteiger partial charge in [0.05, 0.1) is 29.7 Å². The number of carbonyl (C=O) groups excluding carboxylic acids is 1. The third-order valence-corrected chi connectivity index (χ3v) is 4.76. The van der Waals surface area contributed by atoms with Crippen LogP contribution in [0.2, 0.25) is 0 Å². The zero-order valence-electron chi connectivity index (χ0n) is 14.7. The van der Waals surface area contributed by atoms with Crippen molar-refractivity contribution < 1.29 is 4.79 Å². The Bertz CT molecular complexity index is 711. The first-order chi connectivity index (χ1) is 11.5. The fourth-order valence-corrected chi connectivity index (χ4v) is 2.98. The van der Waals surface area contributed by atoms with E-state index in [2.05, 4.69) is 45.5 Å². The average molecular weight is 328 g/mol. The van der Waals surface area contributed by atoms with Crippen LogP contribution < -0.4 is 0 Å². The molecule has 0 N–H and O–H groups in total. The molecule has 1 amide bonds. The number of fused-ring (bicyclic) bond motifs is 1. The lowest BCUT2D eigenvalue weighted by atomic mass is 10.1. The van der Waals surface area contributed by atoms with Crippen LogP contribution >= 0.6 is 0 Å². The van der Waals surface area contributed by atoms with Crippen molar-refractivity contribution in [3.63, 3.8) is 0 Å². The Hall–Kier alpha value is -2.28. The van der Waals surface area contributed by atoms with Crippen LogP contribution in [0.1, 0.15) is 48.7 Å². The van der Waals surface area contributed by atoms with E-state index in [1.54, 1.807) is 12.3 Å². The van der Waals surface area contributed by atoms with E-state index in [9.17, 15) is 4.79 Å². The topological polar surface area (TPSA) is 67.2 Å². The van der Waals surface area contributed by atoms with E-state index >= 15 is 0 Å². The van der Waals surface area contributed by atoms with E-state index in [-0.39, 0.29) is 11.9 Å². The maximum Gasteiger partial charge on any atom is 0.256 e. The first kappa shape index (κ1) is 16.6. The van der Waals surface area contributed by atoms with E-state index in [0.29, 0.717) is 18.2 Å². The van der Waals surface area contributed by atoms with Gasteiger partial charge in [-0.05, 0) is 33.9 Å². The molecule has 0 unspecified atom stereocenters. The third-order valence-electron chi connectivity index (χ3n) is 4.76. The van der Waals surface area contributed by atoms with E-state index in [0.717, 1.165) is 18.9 Å². The quantitative estimate of drug-likeness (QED) is 0.855. The lowest BCUT2D eigenvalue weighted by Gasteiger charge is -2.35. The van der Waals surface area contributed by atoms with Crippen LogP contribution in [0.3, 0.4) is 0 Å². The Morgan fingerprint density at radius 1 is 1.33 bits per heavy atom. The average Bonchev–Trinajstić information content (AvgIpc) is 2.99. The SMILES string of the molecule is CC(C)N(C)Cc1cnc2n1CCN(C(=O)c1ccnnc1)[C@H]2C. The molecule has 0 saturated heterocycles. The molecule has 0 aliphatic carbocycles. The largest absolute Gasteiger partial charge is 0.327 e. The second kappa shape index (κ2) is 6.68. The van der Waals surface area contributed by atoms with Crippen molar-refractivity contribution in [3.8, 4) is 0 Å². The van der Waals surface area contributed by atoms with Crippen molar-refractivity contribution in [2.24, 2.45) is 0 Å². The van der Waals surface area contributed by atoms with Gasteiger partial charge in [-0.2, -0.15) is 10.2 Å². The van der Waals surface area contributed by atoms with E-state index in [4.69, 9.17) is 0 Å². The van der Waals surface area contributed by atoms with Gasteiger partial charge in [0.1, 0.15) is 5.82 Å². The summed E-state index contributed by atoms with van der Waals surface area (Å²) in [7, 11) is 2.11. The second-order valence-electron chi connectivity index (χ2n) is 6.57. The standard InChI is InChI=1S/C17H24N6O/c1-12(2)21(4)11-15-10-18-16-13(3)22(7-8-23(15)16)17(24)14-5-6-19-20-9-14/h5-6,9-10,12-13H,7-8,11H2,1-4H3/t13-/m0/s1. The van der Waals surface area contributed by atoms with E-state index < -0.39 is 0 Å². The van der Waals surface area contributed by atoms with Crippen LogP contribution in [0.25, 0.3) is 0 Å². The van der Waals surface area contributed by atoms with Gasteiger partial charge >= 0.3 is 0 Å². The molecule has 3 rings (SSSR count). The predicted molar refractivity (Wildman–Crippen MR) is 90.3 cm³/mol. The molecule has 1 atom stereocenters. The molecule has 0 saturated carbocycles. The molecule has 0 fully saturated rings. The lowest BCUT2D eigenvalue weighted by molar-refractivity contribution is 0.0634. The molecule has 2 aromatic rings. The lowest BCUT2D eigenvalue weighted by Crippen LogP contribution is -2.42. The minimum Gasteiger partial charge on any atom is -0.327 e. The molecule has 0 bridgehead atoms. The summed E-state index contributed by atoms with van der Waals surface area (Å²) in [6.07, 6.45) is 4.99.